The van der Waals surface area contributed by atoms with Gasteiger partial charge < -0.3 is 30.2 Å². The molecular weight excluding hydrogens is 1290 g/mol. The van der Waals surface area contributed by atoms with Crippen LogP contribution in [0.25, 0.3) is 0 Å². The molecule has 2 saturated heterocycles. The standard InChI is InChI=1S/C29H36Cl2N4O3.C22H33ClN4O2.I2.HI/c1-33(22-4-3-9-35(16-22)28(37)18-5-7-21(30)8-6-18)27-25(31)26(32-34(27)2)24(36)12-23-19-10-17-11-20(23)15-29(38,13-17)14-19;1-26(16-4-3-5-24-12-16)21-19(23)20(25-27(21)2)18(28)8-17-14-6-13-7-15(17)11-22(29,9-13)10-14;1-2;/h5-8,17,19-20,22-23,38H,3-4,9-16H2,1-2H3;13-17,24,29H,3-12H2,1-2H3;;1H/t17?,19?,20?,22-,23?,29?;13?,14?,15?,16-,17?,22?;;/m00../s1. The van der Waals surface area contributed by atoms with Gasteiger partial charge >= 0.3 is 0 Å². The highest BCUT2D eigenvalue weighted by Gasteiger charge is 2.56. The Morgan fingerprint density at radius 2 is 1.16 bits per heavy atom. The number of hydrogen-bond donors (Lipinski definition) is 3. The van der Waals surface area contributed by atoms with Crippen molar-refractivity contribution in [3.05, 3.63) is 56.3 Å². The number of likely N-dealkylation sites (tertiary alicyclic amines) is 1. The number of likely N-dealkylation sites (N-methyl/N-ethyl adjacent to an activating group) is 2. The van der Waals surface area contributed by atoms with Crippen LogP contribution < -0.4 is 15.1 Å². The Morgan fingerprint density at radius 1 is 0.714 bits per heavy atom. The Kier molecular flexibility index (Phi) is 17.9. The van der Waals surface area contributed by atoms with Gasteiger partial charge in [0.25, 0.3) is 5.91 Å². The summed E-state index contributed by atoms with van der Waals surface area (Å²) < 4.78 is 3.47. The molecule has 6 atom stereocenters. The summed E-state index contributed by atoms with van der Waals surface area (Å²) in [4.78, 5) is 46.0. The molecule has 4 heterocycles. The summed E-state index contributed by atoms with van der Waals surface area (Å²) in [5.41, 5.74) is 0.432. The number of aromatic nitrogens is 4. The van der Waals surface area contributed by atoms with Gasteiger partial charge in [0.05, 0.1) is 11.2 Å². The van der Waals surface area contributed by atoms with E-state index in [0.717, 1.165) is 96.0 Å². The first-order chi connectivity index (χ1) is 33.0. The Bertz CT molecular complexity index is 2350. The molecular formula is C51H70Cl3I3N8O5. The van der Waals surface area contributed by atoms with E-state index in [1.807, 2.05) is 33.1 Å². The van der Waals surface area contributed by atoms with E-state index in [4.69, 9.17) is 34.8 Å². The average Bonchev–Trinajstić information content (AvgIpc) is 3.80. The molecule has 8 bridgehead atoms. The summed E-state index contributed by atoms with van der Waals surface area (Å²) in [6.45, 7) is 3.26. The molecule has 0 spiro atoms. The number of nitrogens with zero attached hydrogens (tertiary/aromatic N) is 7. The average molecular weight is 1360 g/mol. The third-order valence-electron chi connectivity index (χ3n) is 18.0. The lowest BCUT2D eigenvalue weighted by molar-refractivity contribution is -0.151. The van der Waals surface area contributed by atoms with Crippen molar-refractivity contribution in [1.82, 2.24) is 29.8 Å². The molecule has 2 aromatic heterocycles. The number of carbonyl (C=O) groups excluding carboxylic acids is 3. The van der Waals surface area contributed by atoms with Crippen LogP contribution in [0.1, 0.15) is 134 Å². The minimum atomic E-state index is -0.503. The van der Waals surface area contributed by atoms with Gasteiger partial charge in [0.2, 0.25) is 0 Å². The van der Waals surface area contributed by atoms with Crippen molar-refractivity contribution in [3.63, 3.8) is 0 Å². The topological polar surface area (TPSA) is 149 Å². The lowest BCUT2D eigenvalue weighted by atomic mass is 9.49. The van der Waals surface area contributed by atoms with Gasteiger partial charge in [-0.3, -0.25) is 23.7 Å². The Labute approximate surface area is 468 Å². The number of aliphatic hydroxyl groups is 2. The largest absolute Gasteiger partial charge is 0.390 e. The Hall–Kier alpha value is -1.01. The summed E-state index contributed by atoms with van der Waals surface area (Å²) in [6.07, 6.45) is 15.0. The molecule has 386 valence electrons. The van der Waals surface area contributed by atoms with Crippen LogP contribution in [0.3, 0.4) is 0 Å². The molecule has 1 amide bonds. The molecule has 10 aliphatic rings. The number of halogens is 6. The number of hydrogen-bond acceptors (Lipinski definition) is 10. The highest BCUT2D eigenvalue weighted by Crippen LogP contribution is 2.60. The summed E-state index contributed by atoms with van der Waals surface area (Å²) in [5.74, 6) is 5.37. The van der Waals surface area contributed by atoms with E-state index >= 15 is 0 Å². The van der Waals surface area contributed by atoms with Crippen molar-refractivity contribution >= 4 is 125 Å². The van der Waals surface area contributed by atoms with Crippen LogP contribution in [0, 0.1) is 47.3 Å². The summed E-state index contributed by atoms with van der Waals surface area (Å²) in [7, 11) is 7.72. The van der Waals surface area contributed by atoms with Gasteiger partial charge in [0.1, 0.15) is 33.1 Å². The first kappa shape index (κ1) is 55.2. The van der Waals surface area contributed by atoms with E-state index in [2.05, 4.69) is 62.5 Å². The van der Waals surface area contributed by atoms with Crippen molar-refractivity contribution in [1.29, 1.82) is 0 Å². The van der Waals surface area contributed by atoms with Gasteiger partial charge in [-0.2, -0.15) is 10.2 Å². The molecule has 1 aromatic carbocycles. The fourth-order valence-electron chi connectivity index (χ4n) is 15.3. The predicted octanol–water partition coefficient (Wildman–Crippen LogP) is 10.6. The maximum atomic E-state index is 13.5. The van der Waals surface area contributed by atoms with E-state index in [1.54, 1.807) is 33.6 Å². The molecule has 70 heavy (non-hydrogen) atoms. The van der Waals surface area contributed by atoms with Crippen molar-refractivity contribution in [2.45, 2.75) is 126 Å². The second-order valence-corrected chi connectivity index (χ2v) is 23.7. The maximum absolute atomic E-state index is 13.5. The number of ketones is 2. The fourth-order valence-corrected chi connectivity index (χ4v) is 16.2. The van der Waals surface area contributed by atoms with Crippen molar-refractivity contribution in [2.24, 2.45) is 61.4 Å². The van der Waals surface area contributed by atoms with Crippen molar-refractivity contribution in [2.75, 3.05) is 50.1 Å². The van der Waals surface area contributed by atoms with Gasteiger partial charge in [0, 0.05) is 121 Å². The minimum absolute atomic E-state index is 0. The SMILES string of the molecule is CN(c1c(Cl)c(C(=O)CC2C3CC4CC2CC(O)(C4)C3)nn1C)[C@H]1CCCN(C(=O)c2ccc(Cl)cc2)C1.CN(c1c(Cl)c(C(=O)CC2C3CC4CC2CC(O)(C4)C3)nn1C)[C@H]1CCCNC1.I.II. The highest BCUT2D eigenvalue weighted by atomic mass is 128. The molecule has 13 nitrogen and oxygen atoms in total. The van der Waals surface area contributed by atoms with Crippen LogP contribution in [0.4, 0.5) is 11.6 Å². The molecule has 19 heteroatoms. The van der Waals surface area contributed by atoms with Crippen LogP contribution in [0.5, 0.6) is 0 Å². The molecule has 8 aliphatic carbocycles. The Morgan fingerprint density at radius 3 is 1.59 bits per heavy atom. The number of benzene rings is 1. The molecule has 8 saturated carbocycles. The van der Waals surface area contributed by atoms with Crippen molar-refractivity contribution < 1.29 is 24.6 Å². The lowest BCUT2D eigenvalue weighted by Crippen LogP contribution is -2.54. The van der Waals surface area contributed by atoms with Crippen LogP contribution in [0.15, 0.2) is 24.3 Å². The first-order valence-corrected chi connectivity index (χ1v) is 32.7. The number of aryl methyl sites for hydroxylation is 2. The zero-order valence-electron chi connectivity index (χ0n) is 40.8. The van der Waals surface area contributed by atoms with Crippen LogP contribution >= 0.6 is 96.0 Å². The number of amides is 1. The van der Waals surface area contributed by atoms with E-state index < -0.39 is 11.2 Å². The Balaban J connectivity index is 0.000000185. The molecule has 10 fully saturated rings. The van der Waals surface area contributed by atoms with Crippen molar-refractivity contribution in [3.8, 4) is 0 Å². The summed E-state index contributed by atoms with van der Waals surface area (Å²) >= 11 is 23.8. The van der Waals surface area contributed by atoms with E-state index in [0.29, 0.717) is 117 Å². The molecule has 13 rings (SSSR count). The van der Waals surface area contributed by atoms with Crippen LogP contribution in [-0.4, -0.2) is 116 Å². The number of rotatable bonds is 11. The number of Topliss-reactive ketones (excluding diaryl/α,β-unsaturated/α-hetero) is 2. The summed E-state index contributed by atoms with van der Waals surface area (Å²) in [5, 5.41) is 35.8. The predicted molar refractivity (Wildman–Crippen MR) is 305 cm³/mol. The molecule has 3 aromatic rings. The molecule has 2 aliphatic heterocycles. The first-order valence-electron chi connectivity index (χ1n) is 25.3. The van der Waals surface area contributed by atoms with Gasteiger partial charge in [-0.1, -0.05) is 34.8 Å². The van der Waals surface area contributed by atoms with Gasteiger partial charge in [-0.25, -0.2) is 0 Å². The number of carbonyl (C=O) groups is 3. The third kappa shape index (κ3) is 11.3. The number of nitrogens with one attached hydrogen (secondary N) is 1. The lowest BCUT2D eigenvalue weighted by Gasteiger charge is -2.58. The molecule has 0 radical (unpaired) electrons. The normalized spacial score (nSPS) is 33.4. The third-order valence-corrected chi connectivity index (χ3v) is 18.9. The highest BCUT2D eigenvalue weighted by molar-refractivity contribution is 15.0. The number of anilines is 2. The maximum Gasteiger partial charge on any atom is 0.253 e. The monoisotopic (exact) mass is 1360 g/mol. The minimum Gasteiger partial charge on any atom is -0.390 e. The van der Waals surface area contributed by atoms with E-state index in [1.165, 1.54) is 12.8 Å². The van der Waals surface area contributed by atoms with Crippen LogP contribution in [0.2, 0.25) is 15.1 Å². The van der Waals surface area contributed by atoms with Gasteiger partial charge in [-0.05, 0) is 168 Å². The smallest absolute Gasteiger partial charge is 0.253 e. The van der Waals surface area contributed by atoms with E-state index in [-0.39, 0.29) is 47.5 Å². The zero-order valence-corrected chi connectivity index (χ0v) is 49.7. The second kappa shape index (κ2) is 22.7. The van der Waals surface area contributed by atoms with Gasteiger partial charge in [0.15, 0.2) is 11.6 Å². The van der Waals surface area contributed by atoms with E-state index in [9.17, 15) is 24.6 Å². The molecule has 4 unspecified atom stereocenters. The summed E-state index contributed by atoms with van der Waals surface area (Å²) in [6, 6.07) is 7.42. The molecule has 3 N–H and O–H groups in total. The van der Waals surface area contributed by atoms with Crippen LogP contribution in [-0.2, 0) is 14.1 Å². The quantitative estimate of drug-likeness (QED) is 0.125. The number of piperidine rings is 2. The van der Waals surface area contributed by atoms with Gasteiger partial charge in [-0.15, -0.1) is 24.0 Å². The second-order valence-electron chi connectivity index (χ2n) is 22.5. The zero-order chi connectivity index (χ0) is 49.1. The fraction of sp³-hybridized carbons (Fsp3) is 0.706.